The summed E-state index contributed by atoms with van der Waals surface area (Å²) in [4.78, 5) is 11.5. The highest BCUT2D eigenvalue weighted by atomic mass is 32.1. The first-order valence-corrected chi connectivity index (χ1v) is 24.2. The summed E-state index contributed by atoms with van der Waals surface area (Å²) in [5, 5.41) is 12.6. The van der Waals surface area contributed by atoms with Crippen LogP contribution in [0.1, 0.15) is 36.1 Å². The fourth-order valence-electron chi connectivity index (χ4n) is 10.8. The molecule has 13 rings (SSSR count). The Morgan fingerprint density at radius 2 is 1.03 bits per heavy atom. The molecule has 1 aliphatic heterocycles. The van der Waals surface area contributed by atoms with E-state index in [0.29, 0.717) is 0 Å². The molecule has 0 spiro atoms. The van der Waals surface area contributed by atoms with E-state index in [4.69, 9.17) is 9.98 Å². The summed E-state index contributed by atoms with van der Waals surface area (Å²) in [7, 11) is 0. The molecule has 12 aromatic rings. The summed E-state index contributed by atoms with van der Waals surface area (Å²) in [5.41, 5.74) is 11.6. The zero-order valence-electron chi connectivity index (χ0n) is 37.0. The average molecular weight is 873 g/mol. The van der Waals surface area contributed by atoms with Crippen molar-refractivity contribution in [1.82, 2.24) is 0 Å². The predicted molar refractivity (Wildman–Crippen MR) is 288 cm³/mol. The maximum atomic E-state index is 5.78. The fraction of sp³-hybridized carbons (Fsp3) is 0.0625. The standard InChI is InChI=1S/C64H44N2S/c1-2-51-62(47-26-15-24-43(33-47)40-17-5-3-6-18-40)65-64(66-63(51)48-27-16-25-44(34-48)41-19-7-4-8-20-41)50-38-57(61-54-29-13-14-30-58(54)67-59(61)39-50)56-37-49-35-45-22-9-10-23-46(45)36-55(49)60-52-28-12-11-21-42(52)31-32-53(56)60/h3-39,51,62H,2H2,1H3. The van der Waals surface area contributed by atoms with Crippen LogP contribution in [-0.2, 0) is 0 Å². The van der Waals surface area contributed by atoms with E-state index in [2.05, 4.69) is 231 Å². The van der Waals surface area contributed by atoms with Crippen molar-refractivity contribution < 1.29 is 0 Å². The van der Waals surface area contributed by atoms with Crippen molar-refractivity contribution in [3.63, 3.8) is 0 Å². The molecule has 11 aromatic carbocycles. The monoisotopic (exact) mass is 872 g/mol. The molecule has 0 saturated heterocycles. The smallest absolute Gasteiger partial charge is 0.155 e. The Kier molecular flexibility index (Phi) is 9.50. The van der Waals surface area contributed by atoms with Crippen molar-refractivity contribution in [3.05, 3.63) is 241 Å². The third-order valence-electron chi connectivity index (χ3n) is 14.0. The van der Waals surface area contributed by atoms with Crippen LogP contribution >= 0.6 is 11.3 Å². The van der Waals surface area contributed by atoms with Crippen LogP contribution in [0.4, 0.5) is 0 Å². The highest BCUT2D eigenvalue weighted by molar-refractivity contribution is 7.26. The topological polar surface area (TPSA) is 24.7 Å². The van der Waals surface area contributed by atoms with Crippen molar-refractivity contribution in [2.24, 2.45) is 15.9 Å². The molecular weight excluding hydrogens is 829 g/mol. The molecule has 316 valence electrons. The van der Waals surface area contributed by atoms with Crippen LogP contribution in [-0.4, -0.2) is 11.5 Å². The molecule has 0 saturated carbocycles. The van der Waals surface area contributed by atoms with Gasteiger partial charge in [0.2, 0.25) is 0 Å². The third-order valence-corrected chi connectivity index (χ3v) is 15.1. The normalized spacial score (nSPS) is 15.2. The molecule has 0 radical (unpaired) electrons. The quantitative estimate of drug-likeness (QED) is 0.113. The molecule has 2 nitrogen and oxygen atoms in total. The minimum atomic E-state index is -0.153. The Morgan fingerprint density at radius 3 is 1.81 bits per heavy atom. The van der Waals surface area contributed by atoms with E-state index < -0.39 is 0 Å². The summed E-state index contributed by atoms with van der Waals surface area (Å²) < 4.78 is 2.50. The van der Waals surface area contributed by atoms with Gasteiger partial charge in [0.1, 0.15) is 0 Å². The first-order chi connectivity index (χ1) is 33.1. The minimum Gasteiger partial charge on any atom is -0.257 e. The fourth-order valence-corrected chi connectivity index (χ4v) is 12.0. The summed E-state index contributed by atoms with van der Waals surface area (Å²) in [5.74, 6) is 0.822. The van der Waals surface area contributed by atoms with E-state index in [-0.39, 0.29) is 12.0 Å². The number of rotatable bonds is 7. The molecule has 0 bridgehead atoms. The summed E-state index contributed by atoms with van der Waals surface area (Å²) in [6.07, 6.45) is 0.887. The first kappa shape index (κ1) is 39.4. The van der Waals surface area contributed by atoms with E-state index in [1.165, 1.54) is 102 Å². The van der Waals surface area contributed by atoms with Crippen molar-refractivity contribution in [3.8, 4) is 33.4 Å². The number of benzene rings is 11. The second-order valence-electron chi connectivity index (χ2n) is 17.9. The van der Waals surface area contributed by atoms with Gasteiger partial charge in [0.05, 0.1) is 11.8 Å². The molecule has 0 amide bonds. The SMILES string of the molecule is CCC1C(c2cccc(-c3ccccc3)c2)=NC(c2cc(-c3cc4cc5ccccc5cc4c4c3ccc3ccccc34)c3c(c2)sc2ccccc23)=NC1c1cccc(-c2ccccc2)c1. The van der Waals surface area contributed by atoms with Gasteiger partial charge in [-0.25, -0.2) is 4.99 Å². The van der Waals surface area contributed by atoms with E-state index in [1.807, 2.05) is 11.3 Å². The van der Waals surface area contributed by atoms with Gasteiger partial charge in [-0.05, 0) is 143 Å². The highest BCUT2D eigenvalue weighted by Gasteiger charge is 2.33. The molecule has 1 aromatic heterocycles. The molecule has 1 aliphatic rings. The van der Waals surface area contributed by atoms with Crippen LogP contribution in [0.25, 0.3) is 96.6 Å². The van der Waals surface area contributed by atoms with Crippen LogP contribution in [0.3, 0.4) is 0 Å². The zero-order valence-corrected chi connectivity index (χ0v) is 37.8. The minimum absolute atomic E-state index is 0.0564. The Hall–Kier alpha value is -7.98. The van der Waals surface area contributed by atoms with E-state index in [1.54, 1.807) is 0 Å². The van der Waals surface area contributed by atoms with E-state index >= 15 is 0 Å². The molecule has 0 aliphatic carbocycles. The zero-order chi connectivity index (χ0) is 44.4. The van der Waals surface area contributed by atoms with Gasteiger partial charge in [0.15, 0.2) is 5.84 Å². The van der Waals surface area contributed by atoms with Gasteiger partial charge in [-0.2, -0.15) is 0 Å². The average Bonchev–Trinajstić information content (AvgIpc) is 3.78. The van der Waals surface area contributed by atoms with Gasteiger partial charge in [0, 0.05) is 31.7 Å². The van der Waals surface area contributed by atoms with Crippen LogP contribution in [0.15, 0.2) is 234 Å². The summed E-state index contributed by atoms with van der Waals surface area (Å²) in [6, 6.07) is 82.3. The number of amidine groups is 1. The second-order valence-corrected chi connectivity index (χ2v) is 19.0. The first-order valence-electron chi connectivity index (χ1n) is 23.4. The number of hydrogen-bond donors (Lipinski definition) is 0. The lowest BCUT2D eigenvalue weighted by Gasteiger charge is -2.30. The molecule has 67 heavy (non-hydrogen) atoms. The second kappa shape index (κ2) is 16.2. The summed E-state index contributed by atoms with van der Waals surface area (Å²) in [6.45, 7) is 2.29. The Labute approximate surface area is 393 Å². The van der Waals surface area contributed by atoms with Crippen LogP contribution in [0.5, 0.6) is 0 Å². The number of hydrogen-bond acceptors (Lipinski definition) is 3. The molecule has 0 N–H and O–H groups in total. The Balaban J connectivity index is 1.09. The molecule has 2 atom stereocenters. The van der Waals surface area contributed by atoms with Gasteiger partial charge < -0.3 is 0 Å². The van der Waals surface area contributed by atoms with Crippen molar-refractivity contribution >= 4 is 86.1 Å². The number of nitrogens with zero attached hydrogens (tertiary/aromatic N) is 2. The van der Waals surface area contributed by atoms with E-state index in [0.717, 1.165) is 29.1 Å². The van der Waals surface area contributed by atoms with Crippen molar-refractivity contribution in [2.45, 2.75) is 19.4 Å². The lowest BCUT2D eigenvalue weighted by atomic mass is 9.82. The summed E-state index contributed by atoms with van der Waals surface area (Å²) >= 11 is 1.86. The lowest BCUT2D eigenvalue weighted by Crippen LogP contribution is -2.28. The highest BCUT2D eigenvalue weighted by Crippen LogP contribution is 2.47. The molecule has 0 fully saturated rings. The maximum absolute atomic E-state index is 5.78. The van der Waals surface area contributed by atoms with Crippen molar-refractivity contribution in [1.29, 1.82) is 0 Å². The number of fused-ring (bicyclic) bond motifs is 9. The van der Waals surface area contributed by atoms with Gasteiger partial charge in [-0.1, -0.05) is 183 Å². The van der Waals surface area contributed by atoms with Gasteiger partial charge in [-0.3, -0.25) is 4.99 Å². The van der Waals surface area contributed by atoms with Crippen LogP contribution in [0, 0.1) is 5.92 Å². The van der Waals surface area contributed by atoms with Crippen LogP contribution < -0.4 is 0 Å². The molecular formula is C64H44N2S. The van der Waals surface area contributed by atoms with Crippen molar-refractivity contribution in [2.75, 3.05) is 0 Å². The third kappa shape index (κ3) is 6.77. The number of aliphatic imine (C=N–C) groups is 2. The lowest BCUT2D eigenvalue weighted by molar-refractivity contribution is 0.532. The van der Waals surface area contributed by atoms with Crippen LogP contribution in [0.2, 0.25) is 0 Å². The molecule has 2 heterocycles. The predicted octanol–water partition coefficient (Wildman–Crippen LogP) is 17.7. The van der Waals surface area contributed by atoms with Gasteiger partial charge in [0.25, 0.3) is 0 Å². The van der Waals surface area contributed by atoms with Gasteiger partial charge in [-0.15, -0.1) is 11.3 Å². The largest absolute Gasteiger partial charge is 0.257 e. The maximum Gasteiger partial charge on any atom is 0.155 e. The Bertz CT molecular complexity index is 3970. The number of thiophene rings is 1. The van der Waals surface area contributed by atoms with Gasteiger partial charge >= 0.3 is 0 Å². The van der Waals surface area contributed by atoms with E-state index in [9.17, 15) is 0 Å². The molecule has 3 heteroatoms. The Morgan fingerprint density at radius 1 is 0.388 bits per heavy atom. The molecule has 2 unspecified atom stereocenters.